The Morgan fingerprint density at radius 1 is 1.42 bits per heavy atom. The van der Waals surface area contributed by atoms with Crippen LogP contribution in [-0.2, 0) is 9.53 Å². The van der Waals surface area contributed by atoms with Crippen molar-refractivity contribution >= 4 is 11.7 Å². The Labute approximate surface area is 115 Å². The fraction of sp³-hybridized carbons (Fsp3) is 0.375. The van der Waals surface area contributed by atoms with E-state index in [1.807, 2.05) is 42.5 Å². The summed E-state index contributed by atoms with van der Waals surface area (Å²) in [6.45, 7) is 4.28. The predicted octanol–water partition coefficient (Wildman–Crippen LogP) is 3.40. The van der Waals surface area contributed by atoms with E-state index in [4.69, 9.17) is 4.74 Å². The topological polar surface area (TPSA) is 38.7 Å². The Morgan fingerprint density at radius 3 is 3.05 bits per heavy atom. The number of carbonyl (C=O) groups is 1. The Balaban J connectivity index is 2.28. The fourth-order valence-electron chi connectivity index (χ4n) is 1.47. The summed E-state index contributed by atoms with van der Waals surface area (Å²) < 4.78 is 4.96. The van der Waals surface area contributed by atoms with Gasteiger partial charge in [0.05, 0.1) is 18.4 Å². The summed E-state index contributed by atoms with van der Waals surface area (Å²) in [5.74, 6) is -0.150. The van der Waals surface area contributed by atoms with Crippen molar-refractivity contribution in [3.8, 4) is 0 Å². The molecule has 1 unspecified atom stereocenters. The van der Waals surface area contributed by atoms with Gasteiger partial charge >= 0.3 is 5.97 Å². The number of nitrogens with zero attached hydrogens (tertiary/aromatic N) is 1. The fourth-order valence-corrected chi connectivity index (χ4v) is 1.47. The first-order valence-corrected chi connectivity index (χ1v) is 6.64. The van der Waals surface area contributed by atoms with E-state index in [2.05, 4.69) is 18.0 Å². The van der Waals surface area contributed by atoms with E-state index in [0.717, 1.165) is 12.1 Å². The minimum Gasteiger partial charge on any atom is -0.465 e. The third kappa shape index (κ3) is 7.19. The molecule has 19 heavy (non-hydrogen) atoms. The van der Waals surface area contributed by atoms with Crippen LogP contribution in [-0.4, -0.2) is 24.3 Å². The molecule has 1 aliphatic heterocycles. The molecular weight excluding hydrogens is 238 g/mol. The van der Waals surface area contributed by atoms with E-state index in [0.29, 0.717) is 13.0 Å². The smallest absolute Gasteiger partial charge is 0.305 e. The summed E-state index contributed by atoms with van der Waals surface area (Å²) in [5.41, 5.74) is 0.958. The molecule has 1 aliphatic rings. The molecule has 0 bridgehead atoms. The standard InChI is InChI=1S/C16H21NO2/c1-3-16(18)19-13-9-5-4-6-11-15-12-8-7-10-14(2)17-15/h4-8,10-12,14H,3,9,13H2,1-2H3/b5-4+,11-6+. The number of ether oxygens (including phenoxy) is 1. The molecule has 1 rings (SSSR count). The van der Waals surface area contributed by atoms with Gasteiger partial charge < -0.3 is 4.74 Å². The number of carbonyl (C=O) groups excluding carboxylic acids is 1. The molecule has 0 radical (unpaired) electrons. The molecule has 0 amide bonds. The summed E-state index contributed by atoms with van der Waals surface area (Å²) in [6, 6.07) is 0.215. The molecule has 0 aromatic rings. The zero-order valence-corrected chi connectivity index (χ0v) is 11.6. The molecule has 0 fully saturated rings. The van der Waals surface area contributed by atoms with Gasteiger partial charge in [0.1, 0.15) is 0 Å². The van der Waals surface area contributed by atoms with E-state index in [9.17, 15) is 4.79 Å². The van der Waals surface area contributed by atoms with E-state index < -0.39 is 0 Å². The second kappa shape index (κ2) is 9.09. The second-order valence-corrected chi connectivity index (χ2v) is 4.19. The molecule has 0 saturated carbocycles. The van der Waals surface area contributed by atoms with Crippen LogP contribution < -0.4 is 0 Å². The normalized spacial score (nSPS) is 18.8. The minimum atomic E-state index is -0.150. The van der Waals surface area contributed by atoms with Gasteiger partial charge in [-0.1, -0.05) is 43.4 Å². The second-order valence-electron chi connectivity index (χ2n) is 4.19. The van der Waals surface area contributed by atoms with Gasteiger partial charge in [0.25, 0.3) is 0 Å². The van der Waals surface area contributed by atoms with Crippen molar-refractivity contribution in [2.24, 2.45) is 4.99 Å². The highest BCUT2D eigenvalue weighted by Gasteiger charge is 1.96. The maximum atomic E-state index is 10.9. The molecule has 0 aromatic heterocycles. The molecule has 0 N–H and O–H groups in total. The van der Waals surface area contributed by atoms with E-state index in [1.54, 1.807) is 6.92 Å². The number of allylic oxidation sites excluding steroid dienone is 6. The Bertz CT molecular complexity index is 428. The number of hydrogen-bond donors (Lipinski definition) is 0. The highest BCUT2D eigenvalue weighted by atomic mass is 16.5. The lowest BCUT2D eigenvalue weighted by molar-refractivity contribution is -0.143. The maximum Gasteiger partial charge on any atom is 0.305 e. The summed E-state index contributed by atoms with van der Waals surface area (Å²) in [6.07, 6.45) is 17.0. The first-order valence-electron chi connectivity index (χ1n) is 6.64. The van der Waals surface area contributed by atoms with Crippen LogP contribution in [0.25, 0.3) is 0 Å². The lowest BCUT2D eigenvalue weighted by Crippen LogP contribution is -2.02. The number of hydrogen-bond acceptors (Lipinski definition) is 3. The monoisotopic (exact) mass is 259 g/mol. The van der Waals surface area contributed by atoms with Gasteiger partial charge in [-0.3, -0.25) is 9.79 Å². The zero-order valence-electron chi connectivity index (χ0n) is 11.6. The number of esters is 1. The average Bonchev–Trinajstić information content (AvgIpc) is 2.61. The van der Waals surface area contributed by atoms with Gasteiger partial charge in [-0.15, -0.1) is 0 Å². The van der Waals surface area contributed by atoms with Gasteiger partial charge in [-0.05, 0) is 25.5 Å². The molecule has 102 valence electrons. The van der Waals surface area contributed by atoms with E-state index in [1.165, 1.54) is 0 Å². The maximum absolute atomic E-state index is 10.9. The molecule has 0 aromatic carbocycles. The predicted molar refractivity (Wildman–Crippen MR) is 79.3 cm³/mol. The third-order valence-electron chi connectivity index (χ3n) is 2.47. The van der Waals surface area contributed by atoms with Crippen molar-refractivity contribution < 1.29 is 9.53 Å². The Morgan fingerprint density at radius 2 is 2.26 bits per heavy atom. The first kappa shape index (κ1) is 15.2. The van der Waals surface area contributed by atoms with Crippen LogP contribution in [0.3, 0.4) is 0 Å². The highest BCUT2D eigenvalue weighted by molar-refractivity contribution is 6.04. The molecule has 0 saturated heterocycles. The first-order chi connectivity index (χ1) is 9.22. The van der Waals surface area contributed by atoms with E-state index in [-0.39, 0.29) is 12.0 Å². The van der Waals surface area contributed by atoms with Crippen LogP contribution in [0.1, 0.15) is 26.7 Å². The minimum absolute atomic E-state index is 0.150. The van der Waals surface area contributed by atoms with Gasteiger partial charge in [0.2, 0.25) is 0 Å². The quantitative estimate of drug-likeness (QED) is 0.416. The largest absolute Gasteiger partial charge is 0.465 e. The van der Waals surface area contributed by atoms with E-state index >= 15 is 0 Å². The van der Waals surface area contributed by atoms with Crippen LogP contribution in [0.15, 0.2) is 53.6 Å². The summed E-state index contributed by atoms with van der Waals surface area (Å²) in [4.78, 5) is 15.4. The van der Waals surface area contributed by atoms with Crippen molar-refractivity contribution in [1.29, 1.82) is 0 Å². The molecule has 1 heterocycles. The van der Waals surface area contributed by atoms with Gasteiger partial charge in [-0.2, -0.15) is 0 Å². The van der Waals surface area contributed by atoms with Crippen LogP contribution in [0, 0.1) is 0 Å². The summed E-state index contributed by atoms with van der Waals surface area (Å²) in [5, 5.41) is 0. The highest BCUT2D eigenvalue weighted by Crippen LogP contribution is 2.01. The Kier molecular flexibility index (Phi) is 7.25. The lowest BCUT2D eigenvalue weighted by Gasteiger charge is -1.98. The number of aliphatic imine (C=N–C) groups is 1. The molecule has 0 aliphatic carbocycles. The average molecular weight is 259 g/mol. The Hall–Kier alpha value is -1.90. The molecule has 3 nitrogen and oxygen atoms in total. The zero-order chi connectivity index (χ0) is 13.9. The van der Waals surface area contributed by atoms with Crippen molar-refractivity contribution in [2.75, 3.05) is 6.61 Å². The van der Waals surface area contributed by atoms with Crippen molar-refractivity contribution in [2.45, 2.75) is 32.7 Å². The molecule has 3 heteroatoms. The van der Waals surface area contributed by atoms with Crippen LogP contribution >= 0.6 is 0 Å². The van der Waals surface area contributed by atoms with Gasteiger partial charge in [0.15, 0.2) is 0 Å². The molecule has 0 spiro atoms. The summed E-state index contributed by atoms with van der Waals surface area (Å²) in [7, 11) is 0. The van der Waals surface area contributed by atoms with Gasteiger partial charge in [-0.25, -0.2) is 0 Å². The molecular formula is C16H21NO2. The van der Waals surface area contributed by atoms with Crippen LogP contribution in [0.5, 0.6) is 0 Å². The molecule has 1 atom stereocenters. The SMILES string of the molecule is CCC(=O)OCC/C=C/C=C/C1=NC(C)C=CC=C1. The van der Waals surface area contributed by atoms with Crippen molar-refractivity contribution in [3.05, 3.63) is 48.6 Å². The van der Waals surface area contributed by atoms with Crippen LogP contribution in [0.4, 0.5) is 0 Å². The van der Waals surface area contributed by atoms with Gasteiger partial charge in [0, 0.05) is 6.42 Å². The number of rotatable bonds is 6. The van der Waals surface area contributed by atoms with Crippen molar-refractivity contribution in [1.82, 2.24) is 0 Å². The lowest BCUT2D eigenvalue weighted by atomic mass is 10.3. The third-order valence-corrected chi connectivity index (χ3v) is 2.47. The van der Waals surface area contributed by atoms with Crippen molar-refractivity contribution in [3.63, 3.8) is 0 Å². The van der Waals surface area contributed by atoms with Crippen LogP contribution in [0.2, 0.25) is 0 Å². The summed E-state index contributed by atoms with van der Waals surface area (Å²) >= 11 is 0.